The summed E-state index contributed by atoms with van der Waals surface area (Å²) in [6, 6.07) is 3.73. The van der Waals surface area contributed by atoms with Crippen LogP contribution in [0.2, 0.25) is 0 Å². The quantitative estimate of drug-likeness (QED) is 0.897. The van der Waals surface area contributed by atoms with Crippen LogP contribution in [0.4, 0.5) is 8.78 Å². The summed E-state index contributed by atoms with van der Waals surface area (Å²) in [5.74, 6) is -1.68. The second-order valence-corrected chi connectivity index (χ2v) is 7.09. The molecule has 1 aromatic carbocycles. The number of carbonyl (C=O) groups excluding carboxylic acids is 2. The largest absolute Gasteiger partial charge is 0.343 e. The number of hydrogen-bond donors (Lipinski definition) is 1. The maximum Gasteiger partial charge on any atom is 0.223 e. The fourth-order valence-corrected chi connectivity index (χ4v) is 3.83. The number of piperidine rings is 1. The fourth-order valence-electron chi connectivity index (χ4n) is 3.83. The first-order valence-electron chi connectivity index (χ1n) is 8.62. The van der Waals surface area contributed by atoms with E-state index in [-0.39, 0.29) is 23.8 Å². The van der Waals surface area contributed by atoms with E-state index in [1.165, 1.54) is 6.07 Å². The van der Waals surface area contributed by atoms with Gasteiger partial charge in [0.15, 0.2) is 11.6 Å². The smallest absolute Gasteiger partial charge is 0.223 e. The lowest BCUT2D eigenvalue weighted by atomic mass is 9.77. The Morgan fingerprint density at radius 2 is 1.92 bits per heavy atom. The van der Waals surface area contributed by atoms with Gasteiger partial charge in [0.2, 0.25) is 11.8 Å². The van der Waals surface area contributed by atoms with Crippen LogP contribution in [0.1, 0.15) is 31.2 Å². The van der Waals surface area contributed by atoms with Gasteiger partial charge in [0, 0.05) is 51.0 Å². The molecule has 1 spiro atoms. The van der Waals surface area contributed by atoms with Crippen molar-refractivity contribution < 1.29 is 18.4 Å². The van der Waals surface area contributed by atoms with Crippen LogP contribution in [0, 0.1) is 17.0 Å². The summed E-state index contributed by atoms with van der Waals surface area (Å²) in [6.07, 6.45) is 2.37. The van der Waals surface area contributed by atoms with Crippen LogP contribution in [0.5, 0.6) is 0 Å². The molecule has 3 rings (SSSR count). The summed E-state index contributed by atoms with van der Waals surface area (Å²) in [5, 5.41) is 0. The molecule has 2 aliphatic heterocycles. The Bertz CT molecular complexity index is 672. The topological polar surface area (TPSA) is 66.6 Å². The molecule has 0 radical (unpaired) electrons. The molecule has 0 saturated carbocycles. The predicted octanol–water partition coefficient (Wildman–Crippen LogP) is 1.65. The van der Waals surface area contributed by atoms with Gasteiger partial charge in [-0.1, -0.05) is 6.07 Å². The summed E-state index contributed by atoms with van der Waals surface area (Å²) in [5.41, 5.74) is 5.90. The Kier molecular flexibility index (Phi) is 5.03. The van der Waals surface area contributed by atoms with Crippen molar-refractivity contribution in [2.45, 2.75) is 32.2 Å². The summed E-state index contributed by atoms with van der Waals surface area (Å²) >= 11 is 0. The molecule has 2 N–H and O–H groups in total. The van der Waals surface area contributed by atoms with Crippen molar-refractivity contribution in [3.63, 3.8) is 0 Å². The van der Waals surface area contributed by atoms with Crippen molar-refractivity contribution in [3.8, 4) is 0 Å². The molecular weight excluding hydrogens is 328 g/mol. The molecule has 0 atom stereocenters. The molecule has 2 fully saturated rings. The van der Waals surface area contributed by atoms with Crippen LogP contribution in [0.3, 0.4) is 0 Å². The highest BCUT2D eigenvalue weighted by Gasteiger charge is 2.45. The summed E-state index contributed by atoms with van der Waals surface area (Å²) < 4.78 is 26.4. The standard InChI is InChI=1S/C18H23F2N3O2/c19-14-2-1-13(9-15(14)20)11-23-12-18(10-17(23)25)4-7-22(8-5-18)16(24)3-6-21/h1-2,9H,3-8,10-12,21H2. The monoisotopic (exact) mass is 351 g/mol. The van der Waals surface area contributed by atoms with Gasteiger partial charge >= 0.3 is 0 Å². The number of likely N-dealkylation sites (tertiary alicyclic amines) is 2. The van der Waals surface area contributed by atoms with Crippen molar-refractivity contribution >= 4 is 11.8 Å². The number of nitrogens with two attached hydrogens (primary N) is 1. The summed E-state index contributed by atoms with van der Waals surface area (Å²) in [6.45, 7) is 2.52. The molecule has 136 valence electrons. The van der Waals surface area contributed by atoms with Gasteiger partial charge in [-0.3, -0.25) is 9.59 Å². The lowest BCUT2D eigenvalue weighted by molar-refractivity contribution is -0.133. The SMILES string of the molecule is NCCC(=O)N1CCC2(CC1)CC(=O)N(Cc1ccc(F)c(F)c1)C2. The van der Waals surface area contributed by atoms with Gasteiger partial charge < -0.3 is 15.5 Å². The zero-order chi connectivity index (χ0) is 18.0. The van der Waals surface area contributed by atoms with Crippen LogP contribution in [-0.2, 0) is 16.1 Å². The lowest BCUT2D eigenvalue weighted by Crippen LogP contribution is -2.44. The van der Waals surface area contributed by atoms with E-state index in [4.69, 9.17) is 5.73 Å². The Hall–Kier alpha value is -2.02. The van der Waals surface area contributed by atoms with E-state index in [0.717, 1.165) is 25.0 Å². The normalized spacial score (nSPS) is 19.7. The third-order valence-electron chi connectivity index (χ3n) is 5.30. The molecule has 0 bridgehead atoms. The Morgan fingerprint density at radius 3 is 2.56 bits per heavy atom. The van der Waals surface area contributed by atoms with Gasteiger partial charge in [-0.05, 0) is 30.5 Å². The molecule has 7 heteroatoms. The van der Waals surface area contributed by atoms with E-state index >= 15 is 0 Å². The van der Waals surface area contributed by atoms with Crippen molar-refractivity contribution in [1.82, 2.24) is 9.80 Å². The molecule has 1 aromatic rings. The molecule has 0 unspecified atom stereocenters. The van der Waals surface area contributed by atoms with E-state index in [9.17, 15) is 18.4 Å². The summed E-state index contributed by atoms with van der Waals surface area (Å²) in [7, 11) is 0. The zero-order valence-electron chi connectivity index (χ0n) is 14.1. The number of hydrogen-bond acceptors (Lipinski definition) is 3. The van der Waals surface area contributed by atoms with Crippen molar-refractivity contribution in [3.05, 3.63) is 35.4 Å². The van der Waals surface area contributed by atoms with E-state index in [2.05, 4.69) is 0 Å². The Balaban J connectivity index is 1.61. The van der Waals surface area contributed by atoms with Gasteiger partial charge in [-0.15, -0.1) is 0 Å². The van der Waals surface area contributed by atoms with Crippen molar-refractivity contribution in [2.24, 2.45) is 11.1 Å². The minimum atomic E-state index is -0.898. The van der Waals surface area contributed by atoms with Crippen LogP contribution >= 0.6 is 0 Å². The first kappa shape index (κ1) is 17.8. The molecule has 5 nitrogen and oxygen atoms in total. The van der Waals surface area contributed by atoms with Crippen LogP contribution in [-0.4, -0.2) is 47.8 Å². The minimum Gasteiger partial charge on any atom is -0.343 e. The first-order chi connectivity index (χ1) is 11.9. The third kappa shape index (κ3) is 3.81. The highest BCUT2D eigenvalue weighted by atomic mass is 19.2. The highest BCUT2D eigenvalue weighted by Crippen LogP contribution is 2.41. The maximum absolute atomic E-state index is 13.4. The van der Waals surface area contributed by atoms with Gasteiger partial charge in [-0.25, -0.2) is 8.78 Å². The number of benzene rings is 1. The lowest BCUT2D eigenvalue weighted by Gasteiger charge is -2.38. The molecule has 2 amide bonds. The number of amides is 2. The zero-order valence-corrected chi connectivity index (χ0v) is 14.1. The molecule has 0 aromatic heterocycles. The predicted molar refractivity (Wildman–Crippen MR) is 88.3 cm³/mol. The molecule has 2 aliphatic rings. The third-order valence-corrected chi connectivity index (χ3v) is 5.30. The highest BCUT2D eigenvalue weighted by molar-refractivity contribution is 5.80. The van der Waals surface area contributed by atoms with Crippen LogP contribution < -0.4 is 5.73 Å². The van der Waals surface area contributed by atoms with E-state index in [1.54, 1.807) is 4.90 Å². The van der Waals surface area contributed by atoms with Gasteiger partial charge in [0.25, 0.3) is 0 Å². The first-order valence-corrected chi connectivity index (χ1v) is 8.62. The fraction of sp³-hybridized carbons (Fsp3) is 0.556. The Morgan fingerprint density at radius 1 is 1.20 bits per heavy atom. The average molecular weight is 351 g/mol. The molecular formula is C18H23F2N3O2. The number of halogens is 2. The second-order valence-electron chi connectivity index (χ2n) is 7.09. The van der Waals surface area contributed by atoms with E-state index in [1.807, 2.05) is 4.90 Å². The molecule has 0 aliphatic carbocycles. The Labute approximate surface area is 145 Å². The van der Waals surface area contributed by atoms with Crippen LogP contribution in [0.25, 0.3) is 0 Å². The van der Waals surface area contributed by atoms with Gasteiger partial charge in [-0.2, -0.15) is 0 Å². The molecule has 25 heavy (non-hydrogen) atoms. The minimum absolute atomic E-state index is 0.0338. The molecule has 2 heterocycles. The number of rotatable bonds is 4. The summed E-state index contributed by atoms with van der Waals surface area (Å²) in [4.78, 5) is 27.8. The van der Waals surface area contributed by atoms with Crippen LogP contribution in [0.15, 0.2) is 18.2 Å². The van der Waals surface area contributed by atoms with Crippen molar-refractivity contribution in [1.29, 1.82) is 0 Å². The number of carbonyl (C=O) groups is 2. The van der Waals surface area contributed by atoms with Gasteiger partial charge in [0.05, 0.1) is 0 Å². The van der Waals surface area contributed by atoms with E-state index in [0.29, 0.717) is 44.6 Å². The second kappa shape index (κ2) is 7.07. The van der Waals surface area contributed by atoms with E-state index < -0.39 is 11.6 Å². The average Bonchev–Trinajstić information content (AvgIpc) is 2.87. The van der Waals surface area contributed by atoms with Crippen molar-refractivity contribution in [2.75, 3.05) is 26.2 Å². The molecule has 2 saturated heterocycles. The number of nitrogens with zero attached hydrogens (tertiary/aromatic N) is 2. The maximum atomic E-state index is 13.4. The van der Waals surface area contributed by atoms with Gasteiger partial charge in [0.1, 0.15) is 0 Å².